The van der Waals surface area contributed by atoms with E-state index in [0.717, 1.165) is 0 Å². The Hall–Kier alpha value is -3.65. The zero-order chi connectivity index (χ0) is 19.4. The third kappa shape index (κ3) is 4.50. The van der Waals surface area contributed by atoms with E-state index < -0.39 is 11.8 Å². The number of amides is 2. The van der Waals surface area contributed by atoms with Gasteiger partial charge in [-0.05, 0) is 18.2 Å². The Morgan fingerprint density at radius 3 is 1.67 bits per heavy atom. The summed E-state index contributed by atoms with van der Waals surface area (Å²) in [6.45, 7) is 0. The first-order valence-electron chi connectivity index (χ1n) is 7.72. The Balaban J connectivity index is 1.82. The number of pyridine rings is 2. The van der Waals surface area contributed by atoms with Gasteiger partial charge in [0.25, 0.3) is 11.8 Å². The third-order valence-corrected chi connectivity index (χ3v) is 3.84. The molecule has 0 spiro atoms. The van der Waals surface area contributed by atoms with Crippen LogP contribution in [0.25, 0.3) is 0 Å². The Labute approximate surface area is 158 Å². The third-order valence-electron chi connectivity index (χ3n) is 3.61. The molecule has 8 nitrogen and oxygen atoms in total. The van der Waals surface area contributed by atoms with Gasteiger partial charge in [-0.1, -0.05) is 11.6 Å². The number of hydrogen-bond acceptors (Lipinski definition) is 4. The number of nitrogens with zero attached hydrogens (tertiary/aromatic N) is 2. The largest absolute Gasteiger partial charge is 0.619 e. The van der Waals surface area contributed by atoms with Crippen molar-refractivity contribution < 1.29 is 19.0 Å². The van der Waals surface area contributed by atoms with Crippen molar-refractivity contribution in [2.75, 3.05) is 10.6 Å². The summed E-state index contributed by atoms with van der Waals surface area (Å²) >= 11 is 5.99. The molecule has 0 aliphatic heterocycles. The number of anilines is 2. The van der Waals surface area contributed by atoms with Gasteiger partial charge in [0, 0.05) is 29.3 Å². The summed E-state index contributed by atoms with van der Waals surface area (Å²) in [5, 5.41) is 27.8. The van der Waals surface area contributed by atoms with Gasteiger partial charge in [-0.2, -0.15) is 9.46 Å². The predicted octanol–water partition coefficient (Wildman–Crippen LogP) is 2.11. The van der Waals surface area contributed by atoms with Crippen LogP contribution < -0.4 is 20.1 Å². The minimum absolute atomic E-state index is 0.266. The minimum Gasteiger partial charge on any atom is -0.619 e. The second-order valence-electron chi connectivity index (χ2n) is 5.49. The van der Waals surface area contributed by atoms with Crippen LogP contribution in [-0.2, 0) is 0 Å². The highest BCUT2D eigenvalue weighted by molar-refractivity contribution is 6.31. The van der Waals surface area contributed by atoms with Gasteiger partial charge >= 0.3 is 0 Å². The molecular weight excluding hydrogens is 372 g/mol. The van der Waals surface area contributed by atoms with Gasteiger partial charge in [-0.25, -0.2) is 0 Å². The topological polar surface area (TPSA) is 112 Å². The van der Waals surface area contributed by atoms with Crippen LogP contribution in [0.1, 0.15) is 20.7 Å². The molecule has 0 radical (unpaired) electrons. The highest BCUT2D eigenvalue weighted by Crippen LogP contribution is 2.27. The molecule has 1 aromatic carbocycles. The fourth-order valence-electron chi connectivity index (χ4n) is 2.25. The van der Waals surface area contributed by atoms with E-state index in [4.69, 9.17) is 11.6 Å². The van der Waals surface area contributed by atoms with E-state index in [2.05, 4.69) is 10.6 Å². The summed E-state index contributed by atoms with van der Waals surface area (Å²) in [7, 11) is 0. The van der Waals surface area contributed by atoms with Crippen molar-refractivity contribution in [2.45, 2.75) is 0 Å². The first-order chi connectivity index (χ1) is 12.9. The van der Waals surface area contributed by atoms with Gasteiger partial charge in [0.2, 0.25) is 0 Å². The van der Waals surface area contributed by atoms with E-state index in [9.17, 15) is 20.0 Å². The maximum Gasteiger partial charge on any atom is 0.256 e. The number of aromatic nitrogens is 2. The second-order valence-corrected chi connectivity index (χ2v) is 5.93. The molecule has 2 heterocycles. The number of hydrogen-bond donors (Lipinski definition) is 2. The zero-order valence-electron chi connectivity index (χ0n) is 13.8. The molecule has 0 atom stereocenters. The summed E-state index contributed by atoms with van der Waals surface area (Å²) in [6, 6.07) is 10.1. The summed E-state index contributed by atoms with van der Waals surface area (Å²) in [4.78, 5) is 24.7. The lowest BCUT2D eigenvalue weighted by molar-refractivity contribution is -0.605. The SMILES string of the molecule is O=C(Nc1ccc(Cl)cc1NC(=O)c1cc[n+]([O-])cc1)c1cc[n+]([O-])cc1. The standard InChI is InChI=1S/C18H13ClN4O4/c19-14-1-2-15(20-17(24)12-3-7-22(26)8-4-12)16(11-14)21-18(25)13-5-9-23(27)10-6-13/h1-11H,(H,20,24)(H,21,25). The molecule has 27 heavy (non-hydrogen) atoms. The fourth-order valence-corrected chi connectivity index (χ4v) is 2.42. The summed E-state index contributed by atoms with van der Waals surface area (Å²) in [5.41, 5.74) is 1.15. The smallest absolute Gasteiger partial charge is 0.256 e. The molecule has 2 amide bonds. The highest BCUT2D eigenvalue weighted by atomic mass is 35.5. The molecule has 2 aromatic heterocycles. The summed E-state index contributed by atoms with van der Waals surface area (Å²) < 4.78 is 1.13. The normalized spacial score (nSPS) is 10.3. The molecule has 136 valence electrons. The highest BCUT2D eigenvalue weighted by Gasteiger charge is 2.14. The molecule has 9 heteroatoms. The molecule has 3 rings (SSSR count). The summed E-state index contributed by atoms with van der Waals surface area (Å²) in [5.74, 6) is -0.930. The maximum absolute atomic E-state index is 12.4. The van der Waals surface area contributed by atoms with Gasteiger partial charge in [-0.15, -0.1) is 0 Å². The lowest BCUT2D eigenvalue weighted by atomic mass is 10.2. The number of nitrogens with one attached hydrogen (secondary N) is 2. The quantitative estimate of drug-likeness (QED) is 0.530. The molecule has 2 N–H and O–H groups in total. The van der Waals surface area contributed by atoms with Gasteiger partial charge in [-0.3, -0.25) is 9.59 Å². The van der Waals surface area contributed by atoms with Gasteiger partial charge < -0.3 is 21.0 Å². The van der Waals surface area contributed by atoms with Crippen LogP contribution in [0.15, 0.2) is 67.3 Å². The van der Waals surface area contributed by atoms with Crippen molar-refractivity contribution in [2.24, 2.45) is 0 Å². The number of carbonyl (C=O) groups is 2. The van der Waals surface area contributed by atoms with Crippen LogP contribution >= 0.6 is 11.6 Å². The first kappa shape index (κ1) is 18.2. The van der Waals surface area contributed by atoms with Gasteiger partial charge in [0.15, 0.2) is 24.8 Å². The number of benzene rings is 1. The Morgan fingerprint density at radius 2 is 1.19 bits per heavy atom. The van der Waals surface area contributed by atoms with Crippen LogP contribution in [0.2, 0.25) is 5.02 Å². The Morgan fingerprint density at radius 1 is 0.741 bits per heavy atom. The van der Waals surface area contributed by atoms with Crippen molar-refractivity contribution in [3.63, 3.8) is 0 Å². The molecule has 0 aliphatic rings. The Kier molecular flexibility index (Phi) is 5.18. The average Bonchev–Trinajstić information content (AvgIpc) is 2.65. The molecule has 3 aromatic rings. The van der Waals surface area contributed by atoms with Crippen molar-refractivity contribution in [3.05, 3.63) is 93.8 Å². The predicted molar refractivity (Wildman–Crippen MR) is 98.2 cm³/mol. The number of rotatable bonds is 4. The molecule has 0 unspecified atom stereocenters. The monoisotopic (exact) mass is 384 g/mol. The fraction of sp³-hybridized carbons (Fsp3) is 0. The maximum atomic E-state index is 12.4. The van der Waals surface area contributed by atoms with Crippen molar-refractivity contribution >= 4 is 34.8 Å². The van der Waals surface area contributed by atoms with E-state index in [1.54, 1.807) is 12.1 Å². The number of carbonyl (C=O) groups excluding carboxylic acids is 2. The van der Waals surface area contributed by atoms with E-state index in [0.29, 0.717) is 20.2 Å². The molecular formula is C18H13ClN4O4. The molecule has 0 bridgehead atoms. The van der Waals surface area contributed by atoms with Gasteiger partial charge in [0.05, 0.1) is 22.5 Å². The van der Waals surface area contributed by atoms with E-state index in [1.807, 2.05) is 0 Å². The molecule has 0 aliphatic carbocycles. The molecule has 0 saturated carbocycles. The van der Waals surface area contributed by atoms with Crippen LogP contribution in [0, 0.1) is 10.4 Å². The van der Waals surface area contributed by atoms with E-state index >= 15 is 0 Å². The average molecular weight is 385 g/mol. The van der Waals surface area contributed by atoms with Crippen LogP contribution in [0.3, 0.4) is 0 Å². The Bertz CT molecular complexity index is 991. The molecule has 0 fully saturated rings. The van der Waals surface area contributed by atoms with Gasteiger partial charge in [0.1, 0.15) is 0 Å². The van der Waals surface area contributed by atoms with Crippen LogP contribution in [0.4, 0.5) is 11.4 Å². The lowest BCUT2D eigenvalue weighted by Gasteiger charge is -2.13. The van der Waals surface area contributed by atoms with Crippen molar-refractivity contribution in [1.29, 1.82) is 0 Å². The van der Waals surface area contributed by atoms with Crippen molar-refractivity contribution in [3.8, 4) is 0 Å². The second kappa shape index (κ2) is 7.71. The van der Waals surface area contributed by atoms with E-state index in [-0.39, 0.29) is 16.8 Å². The van der Waals surface area contributed by atoms with Crippen LogP contribution in [0.5, 0.6) is 0 Å². The molecule has 0 saturated heterocycles. The zero-order valence-corrected chi connectivity index (χ0v) is 14.5. The van der Waals surface area contributed by atoms with Crippen LogP contribution in [-0.4, -0.2) is 11.8 Å². The summed E-state index contributed by atoms with van der Waals surface area (Å²) in [6.07, 6.45) is 4.81. The van der Waals surface area contributed by atoms with Crippen molar-refractivity contribution in [1.82, 2.24) is 0 Å². The first-order valence-corrected chi connectivity index (χ1v) is 8.10. The number of halogens is 1. The van der Waals surface area contributed by atoms with E-state index in [1.165, 1.54) is 55.1 Å². The lowest BCUT2D eigenvalue weighted by Crippen LogP contribution is -2.25. The minimum atomic E-state index is -0.472.